The van der Waals surface area contributed by atoms with Gasteiger partial charge in [-0.05, 0) is 54.7 Å². The fraction of sp³-hybridized carbons (Fsp3) is 0.154. The van der Waals surface area contributed by atoms with Crippen LogP contribution in [0.5, 0.6) is 0 Å². The highest BCUT2D eigenvalue weighted by molar-refractivity contribution is 6.62. The normalized spacial score (nSPS) is 17.8. The Morgan fingerprint density at radius 1 is 0.879 bits per heavy atom. The Morgan fingerprint density at radius 2 is 1.39 bits per heavy atom. The maximum Gasteiger partial charge on any atom is 0.563 e. The molecule has 0 aromatic heterocycles. The van der Waals surface area contributed by atoms with Gasteiger partial charge < -0.3 is 9.31 Å². The molecule has 2 aliphatic heterocycles. The lowest BCUT2D eigenvalue weighted by atomic mass is 9.78. The third-order valence-electron chi connectivity index (χ3n) is 6.12. The smallest absolute Gasteiger partial charge is 0.534 e. The minimum Gasteiger partial charge on any atom is -0.534 e. The summed E-state index contributed by atoms with van der Waals surface area (Å²) in [6, 6.07) is 21.0. The number of carbonyl (C=O) groups excluding carboxylic acids is 2. The lowest BCUT2D eigenvalue weighted by Crippen LogP contribution is -2.36. The molecule has 0 spiro atoms. The maximum atomic E-state index is 13.3. The van der Waals surface area contributed by atoms with Gasteiger partial charge in [-0.1, -0.05) is 66.7 Å². The van der Waals surface area contributed by atoms with E-state index in [2.05, 4.69) is 6.58 Å². The monoisotopic (exact) mass is 457 g/mol. The van der Waals surface area contributed by atoms with Crippen molar-refractivity contribution in [1.82, 2.24) is 4.90 Å². The molecule has 3 aromatic rings. The van der Waals surface area contributed by atoms with E-state index < -0.39 is 18.8 Å². The first-order valence-corrected chi connectivity index (χ1v) is 11.0. The van der Waals surface area contributed by atoms with E-state index in [0.717, 1.165) is 16.6 Å². The van der Waals surface area contributed by atoms with Crippen molar-refractivity contribution >= 4 is 36.0 Å². The van der Waals surface area contributed by atoms with Crippen molar-refractivity contribution in [3.05, 3.63) is 112 Å². The molecular weight excluding hydrogens is 437 g/mol. The molecule has 0 bridgehead atoms. The van der Waals surface area contributed by atoms with Crippen LogP contribution in [0.25, 0.3) is 0 Å². The number of fused-ring (bicyclic) bond motifs is 1. The van der Waals surface area contributed by atoms with Gasteiger partial charge in [0.1, 0.15) is 5.60 Å². The Balaban J connectivity index is 1.54. The van der Waals surface area contributed by atoms with Crippen LogP contribution < -0.4 is 5.46 Å². The summed E-state index contributed by atoms with van der Waals surface area (Å²) in [5.41, 5.74) is 2.63. The van der Waals surface area contributed by atoms with Gasteiger partial charge in [-0.15, -0.1) is 0 Å². The van der Waals surface area contributed by atoms with Crippen LogP contribution in [-0.2, 0) is 9.31 Å². The Morgan fingerprint density at radius 3 is 1.88 bits per heavy atom. The van der Waals surface area contributed by atoms with Crippen molar-refractivity contribution in [1.29, 1.82) is 0 Å². The van der Waals surface area contributed by atoms with Crippen molar-refractivity contribution in [3.8, 4) is 0 Å². The van der Waals surface area contributed by atoms with E-state index in [1.807, 2.05) is 50.2 Å². The average Bonchev–Trinajstić information content (AvgIpc) is 3.23. The molecule has 2 heterocycles. The van der Waals surface area contributed by atoms with Gasteiger partial charge in [0.25, 0.3) is 11.8 Å². The number of halogens is 1. The van der Waals surface area contributed by atoms with Gasteiger partial charge in [0, 0.05) is 5.02 Å². The van der Waals surface area contributed by atoms with Crippen LogP contribution in [0, 0.1) is 0 Å². The van der Waals surface area contributed by atoms with E-state index in [1.54, 1.807) is 36.4 Å². The van der Waals surface area contributed by atoms with E-state index in [9.17, 15) is 9.59 Å². The fourth-order valence-corrected chi connectivity index (χ4v) is 4.30. The van der Waals surface area contributed by atoms with Crippen LogP contribution in [0.1, 0.15) is 51.7 Å². The molecule has 0 aliphatic carbocycles. The summed E-state index contributed by atoms with van der Waals surface area (Å²) in [5, 5.41) is 0.577. The maximum absolute atomic E-state index is 13.3. The third-order valence-corrected chi connectivity index (χ3v) is 6.37. The molecule has 3 aromatic carbocycles. The number of amides is 2. The first kappa shape index (κ1) is 21.5. The topological polar surface area (TPSA) is 55.8 Å². The molecule has 2 amide bonds. The summed E-state index contributed by atoms with van der Waals surface area (Å²) < 4.78 is 11.8. The molecule has 1 unspecified atom stereocenters. The molecule has 0 saturated carbocycles. The minimum atomic E-state index is -0.611. The second-order valence-electron chi connectivity index (χ2n) is 8.65. The molecule has 1 fully saturated rings. The van der Waals surface area contributed by atoms with Crippen LogP contribution in [0.3, 0.4) is 0 Å². The second-order valence-corrected chi connectivity index (χ2v) is 9.08. The highest BCUT2D eigenvalue weighted by Crippen LogP contribution is 2.36. The van der Waals surface area contributed by atoms with Gasteiger partial charge in [0.05, 0.1) is 22.9 Å². The first-order valence-electron chi connectivity index (χ1n) is 10.6. The van der Waals surface area contributed by atoms with E-state index in [-0.39, 0.29) is 11.8 Å². The SMILES string of the molecule is C=C1OB(c2ccc(C(c3ccc(Cl)cc3)N3C(=O)c4ccccc4C3=O)cc2)OC1(C)C. The highest BCUT2D eigenvalue weighted by atomic mass is 35.5. The van der Waals surface area contributed by atoms with Crippen molar-refractivity contribution < 1.29 is 18.9 Å². The Kier molecular flexibility index (Phi) is 5.15. The molecule has 2 aliphatic rings. The quantitative estimate of drug-likeness (QED) is 0.419. The van der Waals surface area contributed by atoms with E-state index >= 15 is 0 Å². The van der Waals surface area contributed by atoms with Crippen LogP contribution in [0.15, 0.2) is 85.1 Å². The average molecular weight is 458 g/mol. The van der Waals surface area contributed by atoms with Gasteiger partial charge in [-0.25, -0.2) is 0 Å². The number of nitrogens with zero attached hydrogens (tertiary/aromatic N) is 1. The Labute approximate surface area is 197 Å². The number of rotatable bonds is 4. The Bertz CT molecular complexity index is 1240. The zero-order valence-electron chi connectivity index (χ0n) is 18.2. The standard InChI is InChI=1S/C26H21BClNO4/c1-16-26(2,3)33-27(32-16)19-12-8-17(9-13-19)23(18-10-14-20(28)15-11-18)29-24(30)21-6-4-5-7-22(21)25(29)31/h4-15,23H,1H2,2-3H3. The lowest BCUT2D eigenvalue weighted by molar-refractivity contribution is 0.0608. The molecule has 1 saturated heterocycles. The van der Waals surface area contributed by atoms with Crippen LogP contribution in [-0.4, -0.2) is 29.4 Å². The van der Waals surface area contributed by atoms with Gasteiger partial charge in [0.15, 0.2) is 0 Å². The van der Waals surface area contributed by atoms with Gasteiger partial charge in [0.2, 0.25) is 0 Å². The summed E-state index contributed by atoms with van der Waals surface area (Å²) in [7, 11) is -0.560. The van der Waals surface area contributed by atoms with E-state index in [4.69, 9.17) is 20.9 Å². The molecule has 1 atom stereocenters. The van der Waals surface area contributed by atoms with E-state index in [0.29, 0.717) is 21.9 Å². The summed E-state index contributed by atoms with van der Waals surface area (Å²) in [4.78, 5) is 27.9. The second kappa shape index (κ2) is 7.90. The Hall–Kier alpha value is -3.35. The predicted molar refractivity (Wildman–Crippen MR) is 127 cm³/mol. The zero-order chi connectivity index (χ0) is 23.3. The lowest BCUT2D eigenvalue weighted by Gasteiger charge is -2.27. The fourth-order valence-electron chi connectivity index (χ4n) is 4.18. The molecule has 5 nitrogen and oxygen atoms in total. The minimum absolute atomic E-state index is 0.319. The molecule has 33 heavy (non-hydrogen) atoms. The number of hydrogen-bond acceptors (Lipinski definition) is 4. The molecular formula is C26H21BClNO4. The number of imide groups is 1. The zero-order valence-corrected chi connectivity index (χ0v) is 19.0. The summed E-state index contributed by atoms with van der Waals surface area (Å²) in [6.07, 6.45) is 0. The number of carbonyl (C=O) groups is 2. The van der Waals surface area contributed by atoms with E-state index in [1.165, 1.54) is 4.90 Å². The van der Waals surface area contributed by atoms with Crippen LogP contribution >= 0.6 is 11.6 Å². The molecule has 7 heteroatoms. The van der Waals surface area contributed by atoms with Gasteiger partial charge in [-0.2, -0.15) is 0 Å². The van der Waals surface area contributed by atoms with Crippen LogP contribution in [0.2, 0.25) is 5.02 Å². The summed E-state index contributed by atoms with van der Waals surface area (Å²) in [5.74, 6) is -0.0677. The third kappa shape index (κ3) is 3.65. The van der Waals surface area contributed by atoms with Gasteiger partial charge in [-0.3, -0.25) is 14.5 Å². The predicted octanol–water partition coefficient (Wildman–Crippen LogP) is 4.76. The largest absolute Gasteiger partial charge is 0.563 e. The number of benzene rings is 3. The van der Waals surface area contributed by atoms with Crippen molar-refractivity contribution in [2.45, 2.75) is 25.5 Å². The molecule has 164 valence electrons. The number of hydrogen-bond donors (Lipinski definition) is 0. The first-order chi connectivity index (χ1) is 15.8. The van der Waals surface area contributed by atoms with Crippen LogP contribution in [0.4, 0.5) is 0 Å². The molecule has 0 radical (unpaired) electrons. The van der Waals surface area contributed by atoms with Crippen molar-refractivity contribution in [2.24, 2.45) is 0 Å². The molecule has 5 rings (SSSR count). The van der Waals surface area contributed by atoms with Crippen molar-refractivity contribution in [3.63, 3.8) is 0 Å². The molecule has 0 N–H and O–H groups in total. The van der Waals surface area contributed by atoms with Gasteiger partial charge >= 0.3 is 7.12 Å². The summed E-state index contributed by atoms with van der Waals surface area (Å²) in [6.45, 7) is 7.73. The summed E-state index contributed by atoms with van der Waals surface area (Å²) >= 11 is 6.10. The van der Waals surface area contributed by atoms with Crippen molar-refractivity contribution in [2.75, 3.05) is 0 Å². The highest BCUT2D eigenvalue weighted by Gasteiger charge is 2.44.